The summed E-state index contributed by atoms with van der Waals surface area (Å²) in [7, 11) is 4.12. The average molecular weight is 483 g/mol. The van der Waals surface area contributed by atoms with E-state index in [-0.39, 0.29) is 12.1 Å². The molecule has 0 bridgehead atoms. The van der Waals surface area contributed by atoms with Crippen LogP contribution in [0.4, 0.5) is 5.69 Å². The van der Waals surface area contributed by atoms with Gasteiger partial charge in [0.1, 0.15) is 0 Å². The molecular formula is C28H30N6S. The number of nitrogens with one attached hydrogen (secondary N) is 1. The lowest BCUT2D eigenvalue weighted by atomic mass is 9.96. The van der Waals surface area contributed by atoms with Crippen molar-refractivity contribution in [3.63, 3.8) is 0 Å². The van der Waals surface area contributed by atoms with Crippen molar-refractivity contribution in [1.82, 2.24) is 24.8 Å². The molecule has 7 heteroatoms. The lowest BCUT2D eigenvalue weighted by Gasteiger charge is -2.28. The third-order valence-corrected chi connectivity index (χ3v) is 7.07. The topological polar surface area (TPSA) is 49.2 Å². The van der Waals surface area contributed by atoms with Gasteiger partial charge in [-0.25, -0.2) is 0 Å². The van der Waals surface area contributed by atoms with Crippen LogP contribution in [0, 0.1) is 13.8 Å². The fourth-order valence-electron chi connectivity index (χ4n) is 4.98. The maximum absolute atomic E-state index is 5.87. The molecule has 3 aromatic heterocycles. The fourth-order valence-corrected chi connectivity index (χ4v) is 5.29. The molecule has 0 amide bonds. The van der Waals surface area contributed by atoms with Crippen molar-refractivity contribution in [2.24, 2.45) is 0 Å². The second kappa shape index (κ2) is 9.50. The zero-order valence-corrected chi connectivity index (χ0v) is 21.3. The Labute approximate surface area is 212 Å². The Kier molecular flexibility index (Phi) is 6.26. The van der Waals surface area contributed by atoms with Crippen LogP contribution in [0.1, 0.15) is 40.3 Å². The highest BCUT2D eigenvalue weighted by atomic mass is 32.1. The molecule has 5 rings (SSSR count). The molecule has 0 aliphatic carbocycles. The highest BCUT2D eigenvalue weighted by Crippen LogP contribution is 2.42. The maximum Gasteiger partial charge on any atom is 0.170 e. The van der Waals surface area contributed by atoms with Gasteiger partial charge in [0.15, 0.2) is 5.11 Å². The van der Waals surface area contributed by atoms with Crippen LogP contribution in [0.15, 0.2) is 79.3 Å². The van der Waals surface area contributed by atoms with E-state index >= 15 is 0 Å². The van der Waals surface area contributed by atoms with Crippen LogP contribution in [0.3, 0.4) is 0 Å². The molecule has 0 spiro atoms. The summed E-state index contributed by atoms with van der Waals surface area (Å²) in [6.45, 7) is 5.06. The highest BCUT2D eigenvalue weighted by Gasteiger charge is 2.41. The first-order valence-electron chi connectivity index (χ1n) is 11.8. The van der Waals surface area contributed by atoms with Crippen LogP contribution in [-0.2, 0) is 6.54 Å². The van der Waals surface area contributed by atoms with E-state index in [1.807, 2.05) is 42.9 Å². The Balaban J connectivity index is 1.59. The second-order valence-corrected chi connectivity index (χ2v) is 9.57. The first-order valence-corrected chi connectivity index (χ1v) is 12.2. The lowest BCUT2D eigenvalue weighted by molar-refractivity contribution is 0.310. The van der Waals surface area contributed by atoms with E-state index in [4.69, 9.17) is 12.2 Å². The molecule has 35 heavy (non-hydrogen) atoms. The van der Waals surface area contributed by atoms with Gasteiger partial charge in [0.05, 0.1) is 17.8 Å². The third kappa shape index (κ3) is 4.39. The molecule has 1 fully saturated rings. The molecule has 0 unspecified atom stereocenters. The number of thiocarbonyl (C=S) groups is 1. The molecule has 178 valence electrons. The molecule has 1 saturated heterocycles. The number of aryl methyl sites for hydroxylation is 1. The smallest absolute Gasteiger partial charge is 0.170 e. The number of benzene rings is 1. The zero-order valence-electron chi connectivity index (χ0n) is 20.5. The fraction of sp³-hybridized carbons (Fsp3) is 0.250. The quantitative estimate of drug-likeness (QED) is 0.385. The standard InChI is InChI=1S/C28H30N6S/c1-19-17-24(20(2)34(19)23-10-8-22(9-11-23)32(3)4)27-26(25-7-5-6-14-30-25)31-28(35)33(27)18-21-12-15-29-16-13-21/h5-17,26-27H,18H2,1-4H3,(H,31,35)/t26-,27+/m1/s1. The van der Waals surface area contributed by atoms with Gasteiger partial charge in [0, 0.05) is 62.0 Å². The average Bonchev–Trinajstić information content (AvgIpc) is 3.35. The van der Waals surface area contributed by atoms with Crippen molar-refractivity contribution >= 4 is 23.0 Å². The molecule has 1 aromatic carbocycles. The molecule has 0 saturated carbocycles. The van der Waals surface area contributed by atoms with Crippen molar-refractivity contribution in [3.05, 3.63) is 107 Å². The molecule has 6 nitrogen and oxygen atoms in total. The zero-order chi connectivity index (χ0) is 24.5. The Morgan fingerprint density at radius 2 is 1.71 bits per heavy atom. The van der Waals surface area contributed by atoms with Gasteiger partial charge in [-0.3, -0.25) is 9.97 Å². The van der Waals surface area contributed by atoms with Crippen LogP contribution in [-0.4, -0.2) is 38.6 Å². The summed E-state index contributed by atoms with van der Waals surface area (Å²) < 4.78 is 2.33. The van der Waals surface area contributed by atoms with Crippen LogP contribution < -0.4 is 10.2 Å². The summed E-state index contributed by atoms with van der Waals surface area (Å²) in [5.74, 6) is 0. The summed E-state index contributed by atoms with van der Waals surface area (Å²) >= 11 is 5.87. The summed E-state index contributed by atoms with van der Waals surface area (Å²) in [6, 6.07) is 21.1. The molecule has 1 N–H and O–H groups in total. The van der Waals surface area contributed by atoms with Crippen molar-refractivity contribution < 1.29 is 0 Å². The van der Waals surface area contributed by atoms with Gasteiger partial charge in [-0.1, -0.05) is 6.07 Å². The Morgan fingerprint density at radius 1 is 0.971 bits per heavy atom. The molecule has 1 aliphatic rings. The minimum absolute atomic E-state index is 0.00608. The number of hydrogen-bond acceptors (Lipinski definition) is 4. The minimum atomic E-state index is -0.0457. The van der Waals surface area contributed by atoms with Gasteiger partial charge in [0.2, 0.25) is 0 Å². The monoisotopic (exact) mass is 482 g/mol. The van der Waals surface area contributed by atoms with Crippen molar-refractivity contribution in [2.45, 2.75) is 32.5 Å². The SMILES string of the molecule is Cc1cc([C@H]2[C@@H](c3ccccn3)NC(=S)N2Cc2ccncc2)c(C)n1-c1ccc(N(C)C)cc1. The predicted octanol–water partition coefficient (Wildman–Crippen LogP) is 5.12. The molecule has 4 heterocycles. The number of aromatic nitrogens is 3. The van der Waals surface area contributed by atoms with E-state index in [2.05, 4.69) is 94.0 Å². The molecular weight excluding hydrogens is 452 g/mol. The van der Waals surface area contributed by atoms with Crippen LogP contribution in [0.5, 0.6) is 0 Å². The summed E-state index contributed by atoms with van der Waals surface area (Å²) in [4.78, 5) is 13.3. The lowest BCUT2D eigenvalue weighted by Crippen LogP contribution is -2.29. The van der Waals surface area contributed by atoms with Gasteiger partial charge in [-0.05, 0) is 91.8 Å². The van der Waals surface area contributed by atoms with Crippen LogP contribution >= 0.6 is 12.2 Å². The van der Waals surface area contributed by atoms with Crippen LogP contribution in [0.25, 0.3) is 5.69 Å². The highest BCUT2D eigenvalue weighted by molar-refractivity contribution is 7.80. The number of anilines is 1. The van der Waals surface area contributed by atoms with Gasteiger partial charge in [-0.15, -0.1) is 0 Å². The van der Waals surface area contributed by atoms with Gasteiger partial charge < -0.3 is 19.7 Å². The van der Waals surface area contributed by atoms with E-state index in [1.165, 1.54) is 28.2 Å². The predicted molar refractivity (Wildman–Crippen MR) is 145 cm³/mol. The number of nitrogens with zero attached hydrogens (tertiary/aromatic N) is 5. The Hall–Kier alpha value is -3.71. The van der Waals surface area contributed by atoms with Gasteiger partial charge in [0.25, 0.3) is 0 Å². The van der Waals surface area contributed by atoms with Crippen molar-refractivity contribution in [3.8, 4) is 5.69 Å². The second-order valence-electron chi connectivity index (χ2n) is 9.18. The van der Waals surface area contributed by atoms with Gasteiger partial charge in [-0.2, -0.15) is 0 Å². The summed E-state index contributed by atoms with van der Waals surface area (Å²) in [6.07, 6.45) is 5.50. The summed E-state index contributed by atoms with van der Waals surface area (Å²) in [5.41, 5.74) is 8.13. The van der Waals surface area contributed by atoms with Crippen molar-refractivity contribution in [2.75, 3.05) is 19.0 Å². The molecule has 4 aromatic rings. The van der Waals surface area contributed by atoms with E-state index < -0.39 is 0 Å². The minimum Gasteiger partial charge on any atom is -0.378 e. The third-order valence-electron chi connectivity index (χ3n) is 6.71. The molecule has 1 aliphatic heterocycles. The number of pyridine rings is 2. The van der Waals surface area contributed by atoms with Crippen LogP contribution in [0.2, 0.25) is 0 Å². The Morgan fingerprint density at radius 3 is 2.37 bits per heavy atom. The van der Waals surface area contributed by atoms with E-state index in [0.29, 0.717) is 6.54 Å². The molecule has 2 atom stereocenters. The van der Waals surface area contributed by atoms with E-state index in [0.717, 1.165) is 16.5 Å². The first kappa shape index (κ1) is 23.1. The van der Waals surface area contributed by atoms with Gasteiger partial charge >= 0.3 is 0 Å². The van der Waals surface area contributed by atoms with E-state index in [1.54, 1.807) is 0 Å². The molecule has 0 radical (unpaired) electrons. The number of hydrogen-bond donors (Lipinski definition) is 1. The number of rotatable bonds is 6. The Bertz CT molecular complexity index is 1320. The normalized spacial score (nSPS) is 17.5. The maximum atomic E-state index is 5.87. The summed E-state index contributed by atoms with van der Waals surface area (Å²) in [5, 5.41) is 4.31. The van der Waals surface area contributed by atoms with Crippen molar-refractivity contribution in [1.29, 1.82) is 0 Å². The van der Waals surface area contributed by atoms with E-state index in [9.17, 15) is 0 Å². The first-order chi connectivity index (χ1) is 16.9. The largest absolute Gasteiger partial charge is 0.378 e.